The number of ether oxygens (including phenoxy) is 1. The van der Waals surface area contributed by atoms with Crippen LogP contribution in [0.25, 0.3) is 11.0 Å². The zero-order valence-electron chi connectivity index (χ0n) is 21.1. The second kappa shape index (κ2) is 9.29. The van der Waals surface area contributed by atoms with Gasteiger partial charge in [-0.25, -0.2) is 9.78 Å². The Kier molecular flexibility index (Phi) is 6.43. The second-order valence-electron chi connectivity index (χ2n) is 10.6. The molecule has 5 nitrogen and oxygen atoms in total. The molecule has 1 fully saturated rings. The van der Waals surface area contributed by atoms with Crippen molar-refractivity contribution in [3.05, 3.63) is 89.2 Å². The fourth-order valence-corrected chi connectivity index (χ4v) is 10.8. The molecule has 0 amide bonds. The number of aromatic nitrogens is 2. The average Bonchev–Trinajstić information content (AvgIpc) is 3.51. The first kappa shape index (κ1) is 24.9. The van der Waals surface area contributed by atoms with Gasteiger partial charge in [-0.15, -0.1) is 0 Å². The van der Waals surface area contributed by atoms with E-state index in [2.05, 4.69) is 107 Å². The monoisotopic (exact) mass is 562 g/mol. The van der Waals surface area contributed by atoms with Crippen molar-refractivity contribution in [3.63, 3.8) is 0 Å². The van der Waals surface area contributed by atoms with Gasteiger partial charge in [-0.05, 0) is 56.3 Å². The summed E-state index contributed by atoms with van der Waals surface area (Å²) in [6.07, 6.45) is 3.84. The normalized spacial score (nSPS) is 15.1. The van der Waals surface area contributed by atoms with E-state index in [9.17, 15) is 4.79 Å². The summed E-state index contributed by atoms with van der Waals surface area (Å²) in [5.74, 6) is -0.374. The van der Waals surface area contributed by atoms with Crippen LogP contribution in [0.3, 0.4) is 0 Å². The van der Waals surface area contributed by atoms with Crippen LogP contribution in [0, 0.1) is 0 Å². The zero-order valence-corrected chi connectivity index (χ0v) is 23.7. The van der Waals surface area contributed by atoms with Crippen molar-refractivity contribution in [1.82, 2.24) is 9.55 Å². The van der Waals surface area contributed by atoms with E-state index < -0.39 is 8.32 Å². The molecule has 0 radical (unpaired) electrons. The summed E-state index contributed by atoms with van der Waals surface area (Å²) in [6.45, 7) is 7.64. The highest BCUT2D eigenvalue weighted by atomic mass is 79.9. The molecular weight excluding hydrogens is 532 g/mol. The van der Waals surface area contributed by atoms with Crippen LogP contribution in [0.2, 0.25) is 5.04 Å². The van der Waals surface area contributed by atoms with Crippen molar-refractivity contribution < 1.29 is 14.0 Å². The Morgan fingerprint density at radius 1 is 1.03 bits per heavy atom. The average molecular weight is 564 g/mol. The highest BCUT2D eigenvalue weighted by Gasteiger charge is 2.58. The van der Waals surface area contributed by atoms with Crippen LogP contribution < -0.4 is 10.4 Å². The van der Waals surface area contributed by atoms with Gasteiger partial charge in [-0.3, -0.25) is 0 Å². The molecule has 0 bridgehead atoms. The molecule has 5 rings (SSSR count). The Hall–Kier alpha value is -2.74. The molecule has 1 saturated carbocycles. The van der Waals surface area contributed by atoms with E-state index in [-0.39, 0.29) is 16.6 Å². The number of halogens is 1. The quantitative estimate of drug-likeness (QED) is 0.214. The fraction of sp³-hybridized carbons (Fsp3) is 0.310. The van der Waals surface area contributed by atoms with Crippen LogP contribution in [0.15, 0.2) is 83.6 Å². The molecule has 0 atom stereocenters. The van der Waals surface area contributed by atoms with Crippen molar-refractivity contribution in [2.75, 3.05) is 7.11 Å². The SMILES string of the molecule is COC(=O)c1cc(Br)c2c(c1)ncn2CC1(O[Si](c2ccccc2)(c2ccccc2)C(C)(C)C)CC1. The Bertz CT molecular complexity index is 1350. The minimum absolute atomic E-state index is 0.0850. The van der Waals surface area contributed by atoms with Gasteiger partial charge < -0.3 is 13.7 Å². The highest BCUT2D eigenvalue weighted by molar-refractivity contribution is 9.10. The van der Waals surface area contributed by atoms with Gasteiger partial charge in [0.25, 0.3) is 8.32 Å². The van der Waals surface area contributed by atoms with E-state index in [1.807, 2.05) is 6.33 Å². The molecule has 1 aliphatic rings. The van der Waals surface area contributed by atoms with Crippen LogP contribution in [0.4, 0.5) is 0 Å². The van der Waals surface area contributed by atoms with Gasteiger partial charge in [-0.1, -0.05) is 81.4 Å². The maximum absolute atomic E-state index is 12.1. The number of carbonyl (C=O) groups excluding carboxylic acids is 1. The molecule has 0 saturated heterocycles. The molecule has 186 valence electrons. The number of benzene rings is 3. The van der Waals surface area contributed by atoms with Gasteiger partial charge in [0.2, 0.25) is 0 Å². The maximum atomic E-state index is 12.1. The van der Waals surface area contributed by atoms with Gasteiger partial charge in [-0.2, -0.15) is 0 Å². The van der Waals surface area contributed by atoms with E-state index in [1.54, 1.807) is 12.1 Å². The summed E-state index contributed by atoms with van der Waals surface area (Å²) in [7, 11) is -1.29. The van der Waals surface area contributed by atoms with Crippen LogP contribution >= 0.6 is 15.9 Å². The molecular formula is C29H31BrN2O3Si. The lowest BCUT2D eigenvalue weighted by atomic mass is 10.2. The number of methoxy groups -OCH3 is 1. The minimum Gasteiger partial charge on any atom is -0.465 e. The predicted molar refractivity (Wildman–Crippen MR) is 149 cm³/mol. The molecule has 36 heavy (non-hydrogen) atoms. The Labute approximate surface area is 221 Å². The lowest BCUT2D eigenvalue weighted by molar-refractivity contribution is 0.0600. The third-order valence-electron chi connectivity index (χ3n) is 7.14. The van der Waals surface area contributed by atoms with Gasteiger partial charge in [0, 0.05) is 4.47 Å². The van der Waals surface area contributed by atoms with E-state index in [4.69, 9.17) is 9.16 Å². The van der Waals surface area contributed by atoms with Crippen LogP contribution in [-0.2, 0) is 15.7 Å². The van der Waals surface area contributed by atoms with Gasteiger partial charge >= 0.3 is 5.97 Å². The van der Waals surface area contributed by atoms with Crippen molar-refractivity contribution >= 4 is 51.6 Å². The maximum Gasteiger partial charge on any atom is 0.337 e. The topological polar surface area (TPSA) is 53.3 Å². The molecule has 7 heteroatoms. The van der Waals surface area contributed by atoms with Gasteiger partial charge in [0.05, 0.1) is 42.2 Å². The largest absolute Gasteiger partial charge is 0.465 e. The Balaban J connectivity index is 1.58. The van der Waals surface area contributed by atoms with Crippen molar-refractivity contribution in [2.45, 2.75) is 50.8 Å². The molecule has 1 aromatic heterocycles. The Morgan fingerprint density at radius 3 is 2.11 bits per heavy atom. The smallest absolute Gasteiger partial charge is 0.337 e. The van der Waals surface area contributed by atoms with Crippen molar-refractivity contribution in [2.24, 2.45) is 0 Å². The molecule has 0 aliphatic heterocycles. The van der Waals surface area contributed by atoms with E-state index >= 15 is 0 Å². The highest BCUT2D eigenvalue weighted by Crippen LogP contribution is 2.49. The first-order chi connectivity index (χ1) is 17.2. The van der Waals surface area contributed by atoms with Crippen LogP contribution in [-0.4, -0.2) is 36.5 Å². The summed E-state index contributed by atoms with van der Waals surface area (Å²) in [6, 6.07) is 25.1. The molecule has 1 heterocycles. The molecule has 1 aliphatic carbocycles. The van der Waals surface area contributed by atoms with Gasteiger partial charge in [0.1, 0.15) is 0 Å². The number of imidazole rings is 1. The third-order valence-corrected chi connectivity index (χ3v) is 12.9. The molecule has 0 N–H and O–H groups in total. The van der Waals surface area contributed by atoms with E-state index in [0.29, 0.717) is 12.1 Å². The summed E-state index contributed by atoms with van der Waals surface area (Å²) in [4.78, 5) is 16.7. The predicted octanol–water partition coefficient (Wildman–Crippen LogP) is 5.69. The third kappa shape index (κ3) is 4.33. The first-order valence-electron chi connectivity index (χ1n) is 12.2. The summed E-state index contributed by atoms with van der Waals surface area (Å²) in [5.41, 5.74) is 1.91. The number of fused-ring (bicyclic) bond motifs is 1. The number of carbonyl (C=O) groups is 1. The fourth-order valence-electron chi connectivity index (χ4n) is 5.23. The Morgan fingerprint density at radius 2 is 1.61 bits per heavy atom. The van der Waals surface area contributed by atoms with Crippen LogP contribution in [0.5, 0.6) is 0 Å². The minimum atomic E-state index is -2.67. The second-order valence-corrected chi connectivity index (χ2v) is 15.7. The van der Waals surface area contributed by atoms with Crippen molar-refractivity contribution in [3.8, 4) is 0 Å². The van der Waals surface area contributed by atoms with E-state index in [0.717, 1.165) is 28.3 Å². The summed E-state index contributed by atoms with van der Waals surface area (Å²) < 4.78 is 15.4. The standard InChI is InChI=1S/C29H31BrN2O3Si/c1-28(2,3)36(22-11-7-5-8-12-22,23-13-9-6-10-14-23)35-29(15-16-29)19-32-20-31-25-18-21(27(33)34-4)17-24(30)26(25)32/h5-14,17-18,20H,15-16,19H2,1-4H3. The number of nitrogens with zero attached hydrogens (tertiary/aromatic N) is 2. The zero-order chi connectivity index (χ0) is 25.6. The molecule has 3 aromatic carbocycles. The summed E-state index contributed by atoms with van der Waals surface area (Å²) in [5, 5.41) is 2.49. The lowest BCUT2D eigenvalue weighted by Crippen LogP contribution is -2.68. The first-order valence-corrected chi connectivity index (χ1v) is 14.9. The number of rotatable bonds is 7. The summed E-state index contributed by atoms with van der Waals surface area (Å²) >= 11 is 3.67. The molecule has 4 aromatic rings. The van der Waals surface area contributed by atoms with Crippen LogP contribution in [0.1, 0.15) is 44.0 Å². The van der Waals surface area contributed by atoms with Crippen molar-refractivity contribution in [1.29, 1.82) is 0 Å². The number of hydrogen-bond donors (Lipinski definition) is 0. The molecule has 0 unspecified atom stereocenters. The molecule has 0 spiro atoms. The number of esters is 1. The number of hydrogen-bond acceptors (Lipinski definition) is 4. The van der Waals surface area contributed by atoms with E-state index in [1.165, 1.54) is 17.5 Å². The van der Waals surface area contributed by atoms with Gasteiger partial charge in [0.15, 0.2) is 0 Å². The lowest BCUT2D eigenvalue weighted by Gasteiger charge is -2.45.